The summed E-state index contributed by atoms with van der Waals surface area (Å²) in [5, 5.41) is 2.74. The van der Waals surface area contributed by atoms with E-state index in [2.05, 4.69) is 38.9 Å². The van der Waals surface area contributed by atoms with Gasteiger partial charge in [0.25, 0.3) is 12.3 Å². The van der Waals surface area contributed by atoms with Crippen LogP contribution in [0, 0.1) is 11.7 Å². The summed E-state index contributed by atoms with van der Waals surface area (Å²) in [6, 6.07) is 6.76. The van der Waals surface area contributed by atoms with Crippen LogP contribution in [0.3, 0.4) is 0 Å². The Morgan fingerprint density at radius 2 is 1.83 bits per heavy atom. The van der Waals surface area contributed by atoms with E-state index in [4.69, 9.17) is 4.74 Å². The van der Waals surface area contributed by atoms with Gasteiger partial charge in [0.2, 0.25) is 5.91 Å². The molecule has 1 N–H and O–H groups in total. The van der Waals surface area contributed by atoms with Crippen LogP contribution in [-0.2, 0) is 14.3 Å². The number of nitrogens with one attached hydrogen (secondary N) is 1. The number of piperazine rings is 1. The number of hydrogen-bond donors (Lipinski definition) is 1. The van der Waals surface area contributed by atoms with Crippen molar-refractivity contribution in [3.8, 4) is 11.1 Å². The lowest BCUT2D eigenvalue weighted by Gasteiger charge is -2.44. The highest BCUT2D eigenvalue weighted by Crippen LogP contribution is 2.37. The molecule has 1 unspecified atom stereocenters. The maximum Gasteiger partial charge on any atom is 0.269 e. The number of aromatic nitrogens is 1. The molecule has 0 bridgehead atoms. The summed E-state index contributed by atoms with van der Waals surface area (Å²) in [6.07, 6.45) is 0.259. The predicted octanol–water partition coefficient (Wildman–Crippen LogP) is 4.00. The Labute approximate surface area is 243 Å². The molecule has 2 fully saturated rings. The summed E-state index contributed by atoms with van der Waals surface area (Å²) in [6.45, 7) is 9.23. The summed E-state index contributed by atoms with van der Waals surface area (Å²) in [7, 11) is 2.02. The monoisotopic (exact) mass is 584 g/mol. The lowest BCUT2D eigenvalue weighted by molar-refractivity contribution is -0.117. The van der Waals surface area contributed by atoms with Crippen molar-refractivity contribution in [1.82, 2.24) is 9.88 Å². The van der Waals surface area contributed by atoms with Crippen molar-refractivity contribution < 1.29 is 27.5 Å². The first-order valence-corrected chi connectivity index (χ1v) is 14.0. The second kappa shape index (κ2) is 12.2. The first-order valence-electron chi connectivity index (χ1n) is 14.0. The van der Waals surface area contributed by atoms with E-state index in [0.29, 0.717) is 50.1 Å². The molecule has 1 aromatic carbocycles. The molecule has 1 aromatic heterocycles. The number of alkyl halides is 2. The number of hydrogen-bond acceptors (Lipinski definition) is 7. The van der Waals surface area contributed by atoms with E-state index in [0.717, 1.165) is 12.0 Å². The van der Waals surface area contributed by atoms with Gasteiger partial charge in [-0.3, -0.25) is 14.5 Å². The number of anilines is 3. The van der Waals surface area contributed by atoms with Gasteiger partial charge in [0.15, 0.2) is 0 Å². The van der Waals surface area contributed by atoms with Gasteiger partial charge in [-0.2, -0.15) is 0 Å². The second-order valence-electron chi connectivity index (χ2n) is 11.2. The van der Waals surface area contributed by atoms with Crippen molar-refractivity contribution in [2.24, 2.45) is 10.9 Å². The number of morpholine rings is 1. The van der Waals surface area contributed by atoms with E-state index < -0.39 is 35.5 Å². The van der Waals surface area contributed by atoms with Gasteiger partial charge in [0, 0.05) is 73.5 Å². The van der Waals surface area contributed by atoms with Gasteiger partial charge in [0.1, 0.15) is 17.6 Å². The number of nitrogens with zero attached hydrogens (tertiary/aromatic N) is 5. The number of ether oxygens (including phenoxy) is 1. The van der Waals surface area contributed by atoms with Gasteiger partial charge < -0.3 is 19.9 Å². The normalized spacial score (nSPS) is 25.1. The quantitative estimate of drug-likeness (QED) is 0.549. The summed E-state index contributed by atoms with van der Waals surface area (Å²) in [5.74, 6) is -2.83. The van der Waals surface area contributed by atoms with Crippen LogP contribution in [0.2, 0.25) is 0 Å². The molecule has 5 rings (SSSR count). The molecular weight excluding hydrogens is 549 g/mol. The molecule has 9 nitrogen and oxygen atoms in total. The van der Waals surface area contributed by atoms with Crippen molar-refractivity contribution in [3.05, 3.63) is 47.9 Å². The summed E-state index contributed by atoms with van der Waals surface area (Å²) < 4.78 is 48.8. The predicted molar refractivity (Wildman–Crippen MR) is 156 cm³/mol. The fraction of sp³-hybridized carbons (Fsp3) is 0.467. The van der Waals surface area contributed by atoms with E-state index in [1.807, 2.05) is 24.9 Å². The number of carbonyl (C=O) groups excluding carboxylic acids is 2. The van der Waals surface area contributed by atoms with Crippen LogP contribution in [0.5, 0.6) is 0 Å². The van der Waals surface area contributed by atoms with Crippen LogP contribution in [0.4, 0.5) is 30.4 Å². The minimum Gasteiger partial charge on any atom is -0.375 e. The molecule has 2 saturated heterocycles. The third-order valence-electron chi connectivity index (χ3n) is 8.20. The topological polar surface area (TPSA) is 90.4 Å². The number of dihydropyridines is 1. The fourth-order valence-electron chi connectivity index (χ4n) is 5.64. The van der Waals surface area contributed by atoms with Gasteiger partial charge in [0.05, 0.1) is 24.1 Å². The Balaban J connectivity index is 1.50. The zero-order chi connectivity index (χ0) is 30.1. The van der Waals surface area contributed by atoms with Crippen LogP contribution in [-0.4, -0.2) is 92.4 Å². The zero-order valence-electron chi connectivity index (χ0n) is 24.1. The van der Waals surface area contributed by atoms with Crippen LogP contribution in [0.25, 0.3) is 11.1 Å². The molecular formula is C30H35F3N6O3. The van der Waals surface area contributed by atoms with Crippen LogP contribution in [0.1, 0.15) is 20.8 Å². The molecule has 0 saturated carbocycles. The molecule has 42 heavy (non-hydrogen) atoms. The number of likely N-dealkylation sites (N-methyl/N-ethyl adjacent to an activating group) is 1. The standard InChI is InChI=1S/C30H35F3N6O3/c1-17-14-39(15-18(2)37(17)4)26-11-24(31)21(20-5-6-27(34-12-20)38-7-8-42-19(3)16-38)9-25(26)36-30(41)23-13-35-28(40)10-22(23)29(32)33/h5-6,9-13,17-19,23,29H,7-8,14-16H2,1-4H3,(H,36,41)/t17-,18+,19-,23?/m1/s1. The molecule has 3 aliphatic heterocycles. The molecule has 0 aliphatic carbocycles. The Hall–Kier alpha value is -3.77. The molecule has 12 heteroatoms. The lowest BCUT2D eigenvalue weighted by atomic mass is 9.96. The Bertz CT molecular complexity index is 1390. The van der Waals surface area contributed by atoms with Crippen molar-refractivity contribution in [2.75, 3.05) is 55.0 Å². The Morgan fingerprint density at radius 3 is 2.48 bits per heavy atom. The summed E-state index contributed by atoms with van der Waals surface area (Å²) in [4.78, 5) is 39.4. The second-order valence-corrected chi connectivity index (χ2v) is 11.2. The number of pyridine rings is 1. The van der Waals surface area contributed by atoms with Crippen LogP contribution >= 0.6 is 0 Å². The average molecular weight is 585 g/mol. The van der Waals surface area contributed by atoms with Crippen molar-refractivity contribution in [3.63, 3.8) is 0 Å². The third kappa shape index (κ3) is 6.19. The van der Waals surface area contributed by atoms with E-state index >= 15 is 4.39 Å². The number of benzene rings is 1. The van der Waals surface area contributed by atoms with E-state index in [9.17, 15) is 18.4 Å². The van der Waals surface area contributed by atoms with Crippen molar-refractivity contribution in [2.45, 2.75) is 45.4 Å². The highest BCUT2D eigenvalue weighted by molar-refractivity contribution is 6.11. The minimum absolute atomic E-state index is 0.0733. The molecule has 3 aliphatic rings. The maximum absolute atomic E-state index is 15.8. The van der Waals surface area contributed by atoms with E-state index in [-0.39, 0.29) is 29.4 Å². The number of carbonyl (C=O) groups is 2. The van der Waals surface area contributed by atoms with Crippen molar-refractivity contribution in [1.29, 1.82) is 0 Å². The maximum atomic E-state index is 15.8. The van der Waals surface area contributed by atoms with E-state index in [1.54, 1.807) is 12.3 Å². The molecule has 224 valence electrons. The molecule has 0 spiro atoms. The molecule has 4 heterocycles. The number of halogens is 3. The third-order valence-corrected chi connectivity index (χ3v) is 8.20. The van der Waals surface area contributed by atoms with Crippen molar-refractivity contribution >= 4 is 35.2 Å². The highest BCUT2D eigenvalue weighted by atomic mass is 19.3. The SMILES string of the molecule is C[C@@H]1CN(c2ccc(-c3cc(NC(=O)C4C=NC(=O)C=C4C(F)F)c(N4C[C@@H](C)N(C)[C@@H](C)C4)cc3F)cn2)CCO1. The van der Waals surface area contributed by atoms with E-state index in [1.165, 1.54) is 12.1 Å². The molecule has 0 radical (unpaired) electrons. The fourth-order valence-corrected chi connectivity index (χ4v) is 5.64. The van der Waals surface area contributed by atoms with Crippen LogP contribution < -0.4 is 15.1 Å². The molecule has 4 atom stereocenters. The van der Waals surface area contributed by atoms with Gasteiger partial charge in [-0.15, -0.1) is 0 Å². The van der Waals surface area contributed by atoms with Gasteiger partial charge in [-0.05, 0) is 52.1 Å². The highest BCUT2D eigenvalue weighted by Gasteiger charge is 2.33. The summed E-state index contributed by atoms with van der Waals surface area (Å²) >= 11 is 0. The molecule has 2 amide bonds. The molecule has 2 aromatic rings. The number of amides is 2. The largest absolute Gasteiger partial charge is 0.375 e. The minimum atomic E-state index is -3.02. The number of aliphatic imine (C=N–C) groups is 1. The number of rotatable bonds is 6. The zero-order valence-corrected chi connectivity index (χ0v) is 24.1. The first-order chi connectivity index (χ1) is 20.0. The Morgan fingerprint density at radius 1 is 1.10 bits per heavy atom. The van der Waals surface area contributed by atoms with Gasteiger partial charge in [-0.25, -0.2) is 23.1 Å². The lowest BCUT2D eigenvalue weighted by Crippen LogP contribution is -2.55. The van der Waals surface area contributed by atoms with Gasteiger partial charge >= 0.3 is 0 Å². The average Bonchev–Trinajstić information content (AvgIpc) is 2.96. The Kier molecular flexibility index (Phi) is 8.65. The smallest absolute Gasteiger partial charge is 0.269 e. The first kappa shape index (κ1) is 29.7. The van der Waals surface area contributed by atoms with Crippen LogP contribution in [0.15, 0.2) is 47.1 Å². The summed E-state index contributed by atoms with van der Waals surface area (Å²) in [5.41, 5.74) is 0.781. The van der Waals surface area contributed by atoms with Gasteiger partial charge in [-0.1, -0.05) is 0 Å².